The second-order valence-corrected chi connectivity index (χ2v) is 12.3. The summed E-state index contributed by atoms with van der Waals surface area (Å²) in [6.45, 7) is -0.864. The van der Waals surface area contributed by atoms with Crippen LogP contribution in [0.2, 0.25) is 0 Å². The fourth-order valence-electron chi connectivity index (χ4n) is 3.70. The molecule has 3 N–H and O–H groups in total. The summed E-state index contributed by atoms with van der Waals surface area (Å²) in [7, 11) is -6.30. The Morgan fingerprint density at radius 3 is 2.11 bits per heavy atom. The zero-order chi connectivity index (χ0) is 27.4. The largest absolute Gasteiger partial charge is 0.497 e. The normalized spacial score (nSPS) is 12.6. The number of ether oxygens (including phenoxy) is 1. The van der Waals surface area contributed by atoms with E-state index in [0.717, 1.165) is 10.6 Å². The quantitative estimate of drug-likeness (QED) is 0.305. The summed E-state index contributed by atoms with van der Waals surface area (Å²) >= 11 is 0. The first-order valence-corrected chi connectivity index (χ1v) is 14.4. The van der Waals surface area contributed by atoms with E-state index in [-0.39, 0.29) is 22.8 Å². The summed E-state index contributed by atoms with van der Waals surface area (Å²) in [6, 6.07) is 13.6. The van der Waals surface area contributed by atoms with Crippen molar-refractivity contribution in [2.75, 3.05) is 35.3 Å². The first kappa shape index (κ1) is 27.7. The van der Waals surface area contributed by atoms with Crippen molar-refractivity contribution in [2.45, 2.75) is 17.4 Å². The number of nitrogens with one attached hydrogen (secondary N) is 1. The van der Waals surface area contributed by atoms with Gasteiger partial charge in [-0.15, -0.1) is 0 Å². The first-order chi connectivity index (χ1) is 17.3. The van der Waals surface area contributed by atoms with Crippen LogP contribution in [0.5, 0.6) is 5.75 Å². The van der Waals surface area contributed by atoms with Crippen LogP contribution >= 0.6 is 0 Å². The number of sulfone groups is 1. The predicted molar refractivity (Wildman–Crippen MR) is 138 cm³/mol. The van der Waals surface area contributed by atoms with E-state index in [9.17, 15) is 36.6 Å². The highest BCUT2D eigenvalue weighted by molar-refractivity contribution is 7.93. The summed E-state index contributed by atoms with van der Waals surface area (Å²) in [6.07, 6.45) is 0.817. The maximum absolute atomic E-state index is 13.5. The standard InChI is InChI=1S/C24H26N2O9S2/c1-35-16-7-9-17(10-8-16)37(33,34)26(15-23(27)28)22-12-11-20(18-5-3-4-6-19(18)22)25-21(24(29)30)13-14-36(2,31)32/h3-12,21,25H,13-15H2,1-2H3,(H,27,28)(H,29,30)/t21-/m0/s1. The molecule has 198 valence electrons. The van der Waals surface area contributed by atoms with E-state index < -0.39 is 44.4 Å². The van der Waals surface area contributed by atoms with E-state index in [1.165, 1.54) is 43.5 Å². The molecular formula is C24H26N2O9S2. The second kappa shape index (κ2) is 11.0. The number of carboxylic acid groups (broad SMARTS) is 2. The molecule has 0 saturated heterocycles. The summed E-state index contributed by atoms with van der Waals surface area (Å²) < 4.78 is 55.9. The number of aliphatic carboxylic acids is 2. The predicted octanol–water partition coefficient (Wildman–Crippen LogP) is 2.43. The van der Waals surface area contributed by atoms with Gasteiger partial charge in [0.25, 0.3) is 10.0 Å². The molecule has 0 saturated carbocycles. The Hall–Kier alpha value is -3.84. The van der Waals surface area contributed by atoms with Gasteiger partial charge in [0.2, 0.25) is 0 Å². The number of carboxylic acids is 2. The molecule has 3 aromatic carbocycles. The third-order valence-electron chi connectivity index (χ3n) is 5.50. The zero-order valence-electron chi connectivity index (χ0n) is 20.0. The number of rotatable bonds is 12. The van der Waals surface area contributed by atoms with Gasteiger partial charge in [0.05, 0.1) is 23.4 Å². The molecule has 0 aliphatic heterocycles. The lowest BCUT2D eigenvalue weighted by atomic mass is 10.1. The molecule has 11 nitrogen and oxygen atoms in total. The highest BCUT2D eigenvalue weighted by atomic mass is 32.2. The van der Waals surface area contributed by atoms with Gasteiger partial charge >= 0.3 is 11.9 Å². The summed E-state index contributed by atoms with van der Waals surface area (Å²) in [5.41, 5.74) is 0.389. The third-order valence-corrected chi connectivity index (χ3v) is 8.25. The molecule has 37 heavy (non-hydrogen) atoms. The van der Waals surface area contributed by atoms with Crippen LogP contribution in [-0.4, -0.2) is 70.7 Å². The second-order valence-electron chi connectivity index (χ2n) is 8.21. The van der Waals surface area contributed by atoms with Crippen molar-refractivity contribution in [1.82, 2.24) is 0 Å². The Bertz CT molecular complexity index is 1520. The number of sulfonamides is 1. The lowest BCUT2D eigenvalue weighted by molar-refractivity contribution is -0.138. The number of benzene rings is 3. The number of anilines is 2. The van der Waals surface area contributed by atoms with Crippen LogP contribution in [0.4, 0.5) is 11.4 Å². The number of fused-ring (bicyclic) bond motifs is 1. The molecule has 0 radical (unpaired) electrons. The monoisotopic (exact) mass is 550 g/mol. The molecule has 0 spiro atoms. The third kappa shape index (κ3) is 6.68. The molecule has 3 aromatic rings. The molecule has 0 aliphatic carbocycles. The number of methoxy groups -OCH3 is 1. The Balaban J connectivity index is 2.10. The molecule has 0 aliphatic rings. The van der Waals surface area contributed by atoms with Crippen LogP contribution in [0.15, 0.2) is 65.6 Å². The highest BCUT2D eigenvalue weighted by Crippen LogP contribution is 2.35. The molecule has 0 amide bonds. The molecule has 0 unspecified atom stereocenters. The summed E-state index contributed by atoms with van der Waals surface area (Å²) in [5, 5.41) is 22.7. The molecule has 13 heteroatoms. The summed E-state index contributed by atoms with van der Waals surface area (Å²) in [4.78, 5) is 23.3. The van der Waals surface area contributed by atoms with Gasteiger partial charge < -0.3 is 20.3 Å². The number of hydrogen-bond donors (Lipinski definition) is 3. The SMILES string of the molecule is COc1ccc(S(=O)(=O)N(CC(=O)O)c2ccc(N[C@@H](CCS(C)(=O)=O)C(=O)O)c3ccccc23)cc1. The summed E-state index contributed by atoms with van der Waals surface area (Å²) in [5.74, 6) is -2.56. The van der Waals surface area contributed by atoms with Crippen LogP contribution < -0.4 is 14.4 Å². The minimum Gasteiger partial charge on any atom is -0.497 e. The minimum absolute atomic E-state index is 0.0716. The van der Waals surface area contributed by atoms with Gasteiger partial charge in [0.15, 0.2) is 0 Å². The van der Waals surface area contributed by atoms with Gasteiger partial charge in [-0.3, -0.25) is 9.10 Å². The van der Waals surface area contributed by atoms with Gasteiger partial charge in [-0.25, -0.2) is 21.6 Å². The van der Waals surface area contributed by atoms with Crippen molar-refractivity contribution < 1.29 is 41.4 Å². The van der Waals surface area contributed by atoms with E-state index in [0.29, 0.717) is 22.2 Å². The van der Waals surface area contributed by atoms with Crippen molar-refractivity contribution in [2.24, 2.45) is 0 Å². The van der Waals surface area contributed by atoms with Gasteiger partial charge in [-0.05, 0) is 42.8 Å². The lowest BCUT2D eigenvalue weighted by Gasteiger charge is -2.25. The molecule has 3 rings (SSSR count). The van der Waals surface area contributed by atoms with Crippen LogP contribution in [-0.2, 0) is 29.4 Å². The van der Waals surface area contributed by atoms with Crippen LogP contribution in [0.25, 0.3) is 10.8 Å². The van der Waals surface area contributed by atoms with E-state index in [2.05, 4.69) is 5.32 Å². The maximum atomic E-state index is 13.5. The van der Waals surface area contributed by atoms with E-state index in [4.69, 9.17) is 4.74 Å². The molecule has 0 heterocycles. The highest BCUT2D eigenvalue weighted by Gasteiger charge is 2.29. The van der Waals surface area contributed by atoms with Gasteiger partial charge in [-0.1, -0.05) is 24.3 Å². The zero-order valence-corrected chi connectivity index (χ0v) is 21.6. The minimum atomic E-state index is -4.32. The van der Waals surface area contributed by atoms with Crippen molar-refractivity contribution in [3.05, 3.63) is 60.7 Å². The average Bonchev–Trinajstić information content (AvgIpc) is 2.84. The molecule has 1 atom stereocenters. The Labute approximate surface area is 214 Å². The van der Waals surface area contributed by atoms with Crippen LogP contribution in [0, 0.1) is 0 Å². The van der Waals surface area contributed by atoms with E-state index in [1.807, 2.05) is 0 Å². The maximum Gasteiger partial charge on any atom is 0.326 e. The van der Waals surface area contributed by atoms with E-state index in [1.54, 1.807) is 24.3 Å². The molecular weight excluding hydrogens is 524 g/mol. The van der Waals surface area contributed by atoms with Crippen molar-refractivity contribution >= 4 is 53.9 Å². The lowest BCUT2D eigenvalue weighted by Crippen LogP contribution is -2.36. The van der Waals surface area contributed by atoms with Gasteiger partial charge in [0.1, 0.15) is 28.2 Å². The van der Waals surface area contributed by atoms with Crippen molar-refractivity contribution in [3.8, 4) is 5.75 Å². The fraction of sp³-hybridized carbons (Fsp3) is 0.250. The fourth-order valence-corrected chi connectivity index (χ4v) is 5.80. The van der Waals surface area contributed by atoms with Crippen molar-refractivity contribution in [1.29, 1.82) is 0 Å². The number of hydrogen-bond acceptors (Lipinski definition) is 8. The molecule has 0 bridgehead atoms. The Morgan fingerprint density at radius 1 is 0.946 bits per heavy atom. The first-order valence-electron chi connectivity index (χ1n) is 10.9. The topological polar surface area (TPSA) is 167 Å². The average molecular weight is 551 g/mol. The van der Waals surface area contributed by atoms with E-state index >= 15 is 0 Å². The Morgan fingerprint density at radius 2 is 1.57 bits per heavy atom. The number of carbonyl (C=O) groups is 2. The number of nitrogens with zero attached hydrogens (tertiary/aromatic N) is 1. The van der Waals surface area contributed by atoms with Gasteiger partial charge in [-0.2, -0.15) is 0 Å². The van der Waals surface area contributed by atoms with Crippen molar-refractivity contribution in [3.63, 3.8) is 0 Å². The Kier molecular flexibility index (Phi) is 8.28. The van der Waals surface area contributed by atoms with Gasteiger partial charge in [0, 0.05) is 22.7 Å². The van der Waals surface area contributed by atoms with Crippen LogP contribution in [0.1, 0.15) is 6.42 Å². The smallest absolute Gasteiger partial charge is 0.326 e. The molecule has 0 fully saturated rings. The molecule has 0 aromatic heterocycles. The van der Waals surface area contributed by atoms with Crippen LogP contribution in [0.3, 0.4) is 0 Å².